The highest BCUT2D eigenvalue weighted by atomic mass is 19.4. The number of piperidine rings is 1. The third kappa shape index (κ3) is 2.92. The molecule has 0 bridgehead atoms. The number of aliphatic hydroxyl groups excluding tert-OH is 1. The first kappa shape index (κ1) is 18.7. The van der Waals surface area contributed by atoms with E-state index in [1.165, 1.54) is 4.90 Å². The highest BCUT2D eigenvalue weighted by Crippen LogP contribution is 2.54. The summed E-state index contributed by atoms with van der Waals surface area (Å²) in [4.78, 5) is 21.8. The molecule has 0 aromatic carbocycles. The Hall–Kier alpha value is -2.61. The van der Waals surface area contributed by atoms with Gasteiger partial charge in [0.25, 0.3) is 0 Å². The Balaban J connectivity index is 1.67. The van der Waals surface area contributed by atoms with Crippen LogP contribution in [-0.4, -0.2) is 57.9 Å². The predicted octanol–water partition coefficient (Wildman–Crippen LogP) is 1.09. The number of hydrogen-bond donors (Lipinski definition) is 2. The summed E-state index contributed by atoms with van der Waals surface area (Å²) in [6.45, 7) is 2.51. The lowest BCUT2D eigenvalue weighted by Gasteiger charge is -2.43. The molecule has 0 amide bonds. The number of halogens is 3. The van der Waals surface area contributed by atoms with Crippen LogP contribution in [0.15, 0.2) is 0 Å². The number of β-amino-alcohol motifs (C(OH)–C–C–N with tert-alkyl or cyclic N) is 1. The first-order chi connectivity index (χ1) is 13.1. The van der Waals surface area contributed by atoms with Crippen molar-refractivity contribution in [1.82, 2.24) is 9.97 Å². The van der Waals surface area contributed by atoms with Crippen molar-refractivity contribution in [3.63, 3.8) is 0 Å². The first-order valence-corrected chi connectivity index (χ1v) is 8.92. The molecule has 28 heavy (non-hydrogen) atoms. The molecule has 2 N–H and O–H groups in total. The van der Waals surface area contributed by atoms with E-state index in [1.54, 1.807) is 17.9 Å². The van der Waals surface area contributed by atoms with Crippen LogP contribution in [0, 0.1) is 29.1 Å². The van der Waals surface area contributed by atoms with E-state index in [1.807, 2.05) is 0 Å². The molecule has 0 radical (unpaired) electrons. The van der Waals surface area contributed by atoms with Crippen LogP contribution in [0.2, 0.25) is 0 Å². The van der Waals surface area contributed by atoms with Crippen LogP contribution in [0.5, 0.6) is 0 Å². The van der Waals surface area contributed by atoms with E-state index in [4.69, 9.17) is 5.11 Å². The fourth-order valence-electron chi connectivity index (χ4n) is 4.28. The van der Waals surface area contributed by atoms with Crippen molar-refractivity contribution in [2.24, 2.45) is 17.8 Å². The molecule has 1 saturated carbocycles. The number of alkyl halides is 3. The number of fused-ring (bicyclic) bond motifs is 1. The number of aliphatic hydroxyl groups is 1. The van der Waals surface area contributed by atoms with E-state index in [-0.39, 0.29) is 42.5 Å². The molecule has 2 aliphatic heterocycles. The number of anilines is 2. The summed E-state index contributed by atoms with van der Waals surface area (Å²) < 4.78 is 40.6. The van der Waals surface area contributed by atoms with Crippen LogP contribution in [0.4, 0.5) is 24.9 Å². The lowest BCUT2D eigenvalue weighted by atomic mass is 10.0. The van der Waals surface area contributed by atoms with E-state index < -0.39 is 35.5 Å². The van der Waals surface area contributed by atoms with Gasteiger partial charge in [-0.25, -0.2) is 4.98 Å². The van der Waals surface area contributed by atoms with Gasteiger partial charge in [0.2, 0.25) is 5.95 Å². The summed E-state index contributed by atoms with van der Waals surface area (Å²) in [5.74, 6) is -0.942. The summed E-state index contributed by atoms with van der Waals surface area (Å²) in [6, 6.07) is 1.17. The van der Waals surface area contributed by atoms with E-state index in [2.05, 4.69) is 9.97 Å². The highest BCUT2D eigenvalue weighted by molar-refractivity contribution is 5.68. The number of carbonyl (C=O) groups is 1. The van der Waals surface area contributed by atoms with Crippen LogP contribution < -0.4 is 9.80 Å². The van der Waals surface area contributed by atoms with Crippen molar-refractivity contribution < 1.29 is 28.2 Å². The van der Waals surface area contributed by atoms with Crippen molar-refractivity contribution >= 4 is 17.7 Å². The number of carboxylic acids is 1. The zero-order valence-corrected chi connectivity index (χ0v) is 14.9. The molecule has 1 unspecified atom stereocenters. The number of aliphatic carboxylic acids is 1. The number of hydrogen-bond acceptors (Lipinski definition) is 7. The van der Waals surface area contributed by atoms with Crippen molar-refractivity contribution in [3.05, 3.63) is 11.3 Å². The van der Waals surface area contributed by atoms with Crippen LogP contribution in [0.3, 0.4) is 0 Å². The molecule has 8 nitrogen and oxygen atoms in total. The van der Waals surface area contributed by atoms with Crippen LogP contribution in [0.1, 0.15) is 24.6 Å². The van der Waals surface area contributed by atoms with Gasteiger partial charge in [-0.3, -0.25) is 4.79 Å². The maximum Gasteiger partial charge on any atom is 0.434 e. The van der Waals surface area contributed by atoms with Crippen molar-refractivity contribution in [3.8, 4) is 6.07 Å². The molecule has 1 aromatic heterocycles. The summed E-state index contributed by atoms with van der Waals surface area (Å²) in [7, 11) is 0. The minimum absolute atomic E-state index is 0.0215. The molecule has 3 fully saturated rings. The van der Waals surface area contributed by atoms with E-state index in [9.17, 15) is 28.3 Å². The van der Waals surface area contributed by atoms with Crippen LogP contribution >= 0.6 is 0 Å². The van der Waals surface area contributed by atoms with Gasteiger partial charge >= 0.3 is 12.1 Å². The largest absolute Gasteiger partial charge is 0.481 e. The summed E-state index contributed by atoms with van der Waals surface area (Å²) in [6.07, 6.45) is -5.45. The Morgan fingerprint density at radius 2 is 1.93 bits per heavy atom. The Morgan fingerprint density at radius 3 is 2.39 bits per heavy atom. The van der Waals surface area contributed by atoms with Crippen LogP contribution in [0.25, 0.3) is 0 Å². The Bertz CT molecular complexity index is 859. The fraction of sp³-hybridized carbons (Fsp3) is 0.647. The maximum absolute atomic E-state index is 13.5. The Kier molecular flexibility index (Phi) is 4.15. The monoisotopic (exact) mass is 397 g/mol. The SMILES string of the molecule is C[C@H]1[C@H](O)CN1c1nc(N2C[C@@H]3C(CC(=O)O)[C@@H]3C2)c(C#N)c(C(F)(F)F)n1. The van der Waals surface area contributed by atoms with Gasteiger partial charge in [-0.15, -0.1) is 0 Å². The zero-order valence-electron chi connectivity index (χ0n) is 14.9. The molecule has 3 heterocycles. The van der Waals surface area contributed by atoms with Crippen molar-refractivity contribution in [1.29, 1.82) is 5.26 Å². The average Bonchev–Trinajstić information content (AvgIpc) is 3.05. The summed E-state index contributed by atoms with van der Waals surface area (Å²) in [5, 5.41) is 28.0. The molecule has 5 atom stereocenters. The van der Waals surface area contributed by atoms with Crippen molar-refractivity contribution in [2.45, 2.75) is 31.7 Å². The number of aromatic nitrogens is 2. The number of carboxylic acid groups (broad SMARTS) is 1. The molecular weight excluding hydrogens is 379 g/mol. The molecule has 3 aliphatic rings. The fourth-order valence-corrected chi connectivity index (χ4v) is 4.28. The number of nitrogens with zero attached hydrogens (tertiary/aromatic N) is 5. The minimum atomic E-state index is -4.82. The lowest BCUT2D eigenvalue weighted by Crippen LogP contribution is -2.59. The summed E-state index contributed by atoms with van der Waals surface area (Å²) in [5.41, 5.74) is -1.91. The third-order valence-corrected chi connectivity index (χ3v) is 6.03. The van der Waals surface area contributed by atoms with Crippen molar-refractivity contribution in [2.75, 3.05) is 29.4 Å². The van der Waals surface area contributed by atoms with Gasteiger partial charge in [-0.1, -0.05) is 0 Å². The zero-order chi connectivity index (χ0) is 20.4. The third-order valence-electron chi connectivity index (χ3n) is 6.03. The smallest absolute Gasteiger partial charge is 0.434 e. The molecular formula is C17H18F3N5O3. The normalized spacial score (nSPS) is 31.2. The van der Waals surface area contributed by atoms with Gasteiger partial charge in [-0.2, -0.15) is 23.4 Å². The lowest BCUT2D eigenvalue weighted by molar-refractivity contribution is -0.141. The highest BCUT2D eigenvalue weighted by Gasteiger charge is 2.57. The van der Waals surface area contributed by atoms with Gasteiger partial charge in [0.1, 0.15) is 11.6 Å². The topological polar surface area (TPSA) is 114 Å². The molecule has 0 spiro atoms. The standard InChI is InChI=1S/C17H18F3N5O3/c1-7-12(26)6-25(7)16-22-14(17(18,19)20)9(3-21)15(23-16)24-4-10-8(2-13(27)28)11(10)5-24/h7-8,10-12,26H,2,4-6H2,1H3,(H,27,28)/t7-,8?,10-,11+,12+/m0/s1. The van der Waals surface area contributed by atoms with Crippen LogP contribution in [-0.2, 0) is 11.0 Å². The second kappa shape index (κ2) is 6.20. The molecule has 11 heteroatoms. The molecule has 1 aromatic rings. The molecule has 150 valence electrons. The van der Waals surface area contributed by atoms with Gasteiger partial charge in [-0.05, 0) is 24.7 Å². The van der Waals surface area contributed by atoms with Gasteiger partial charge < -0.3 is 20.0 Å². The minimum Gasteiger partial charge on any atom is -0.481 e. The second-order valence-electron chi connectivity index (χ2n) is 7.64. The average molecular weight is 397 g/mol. The van der Waals surface area contributed by atoms with E-state index >= 15 is 0 Å². The number of rotatable bonds is 4. The summed E-state index contributed by atoms with van der Waals surface area (Å²) >= 11 is 0. The molecule has 4 rings (SSSR count). The Labute approximate surface area is 158 Å². The van der Waals surface area contributed by atoms with Gasteiger partial charge in [0.15, 0.2) is 11.5 Å². The number of nitriles is 1. The van der Waals surface area contributed by atoms with E-state index in [0.29, 0.717) is 13.1 Å². The van der Waals surface area contributed by atoms with E-state index in [0.717, 1.165) is 0 Å². The maximum atomic E-state index is 13.5. The van der Waals surface area contributed by atoms with Gasteiger partial charge in [0, 0.05) is 26.1 Å². The molecule has 2 saturated heterocycles. The second-order valence-corrected chi connectivity index (χ2v) is 7.64. The van der Waals surface area contributed by atoms with Gasteiger partial charge in [0.05, 0.1) is 12.1 Å². The molecule has 1 aliphatic carbocycles. The predicted molar refractivity (Wildman–Crippen MR) is 89.5 cm³/mol. The first-order valence-electron chi connectivity index (χ1n) is 8.92. The quantitative estimate of drug-likeness (QED) is 0.776. The Morgan fingerprint density at radius 1 is 1.29 bits per heavy atom.